The molecular formula is C9H20F2. The largest absolute Gasteiger partial charge is 0.238 e. The second-order valence-corrected chi connectivity index (χ2v) is 2.53. The monoisotopic (exact) mass is 166 g/mol. The van der Waals surface area contributed by atoms with Crippen LogP contribution in [0.4, 0.5) is 8.78 Å². The summed E-state index contributed by atoms with van der Waals surface area (Å²) in [5.74, 6) is 0. The van der Waals surface area contributed by atoms with Gasteiger partial charge in [-0.2, -0.15) is 0 Å². The van der Waals surface area contributed by atoms with Crippen molar-refractivity contribution in [2.75, 3.05) is 0 Å². The molecule has 0 rings (SSSR count). The van der Waals surface area contributed by atoms with Crippen LogP contribution in [0.5, 0.6) is 0 Å². The van der Waals surface area contributed by atoms with Crippen LogP contribution in [0.15, 0.2) is 0 Å². The molecule has 0 radical (unpaired) electrons. The van der Waals surface area contributed by atoms with E-state index in [4.69, 9.17) is 0 Å². The van der Waals surface area contributed by atoms with Crippen molar-refractivity contribution in [1.82, 2.24) is 0 Å². The van der Waals surface area contributed by atoms with Crippen LogP contribution < -0.4 is 0 Å². The molecular weight excluding hydrogens is 146 g/mol. The molecule has 0 fully saturated rings. The van der Waals surface area contributed by atoms with Crippen LogP contribution in [0.25, 0.3) is 0 Å². The quantitative estimate of drug-likeness (QED) is 0.585. The zero-order valence-corrected chi connectivity index (χ0v) is 7.87. The average molecular weight is 166 g/mol. The minimum atomic E-state index is -2.10. The van der Waals surface area contributed by atoms with Crippen LogP contribution in [-0.2, 0) is 0 Å². The van der Waals surface area contributed by atoms with E-state index < -0.39 is 6.43 Å². The molecule has 0 aliphatic rings. The van der Waals surface area contributed by atoms with Crippen molar-refractivity contribution < 1.29 is 8.78 Å². The van der Waals surface area contributed by atoms with Crippen molar-refractivity contribution >= 4 is 0 Å². The summed E-state index contributed by atoms with van der Waals surface area (Å²) in [5, 5.41) is 0. The lowest BCUT2D eigenvalue weighted by molar-refractivity contribution is 0.137. The van der Waals surface area contributed by atoms with Crippen molar-refractivity contribution in [3.8, 4) is 0 Å². The highest BCUT2D eigenvalue weighted by atomic mass is 19.3. The summed E-state index contributed by atoms with van der Waals surface area (Å²) in [7, 11) is 0. The number of halogens is 2. The number of alkyl halides is 2. The summed E-state index contributed by atoms with van der Waals surface area (Å²) < 4.78 is 22.1. The first-order valence-electron chi connectivity index (χ1n) is 4.47. The Balaban J connectivity index is 0. The smallest absolute Gasteiger partial charge is 0.211 e. The van der Waals surface area contributed by atoms with Gasteiger partial charge in [-0.25, -0.2) is 8.78 Å². The molecule has 0 aromatic heterocycles. The zero-order valence-electron chi connectivity index (χ0n) is 7.87. The lowest BCUT2D eigenvalue weighted by atomic mass is 10.3. The number of rotatable bonds is 4. The minimum Gasteiger partial charge on any atom is -0.211 e. The molecule has 0 saturated heterocycles. The summed E-state index contributed by atoms with van der Waals surface area (Å²) in [6, 6.07) is 0. The Labute approximate surface area is 69.0 Å². The Kier molecular flexibility index (Phi) is 15.3. The van der Waals surface area contributed by atoms with Crippen LogP contribution in [0, 0.1) is 0 Å². The van der Waals surface area contributed by atoms with Gasteiger partial charge in [-0.05, 0) is 0 Å². The standard InChI is InChI=1S/C5H12.C4H8F2/c1-3-5-4-2;1-2-3-4(5)6/h3-5H2,1-2H3;4H,2-3H2,1H3. The third kappa shape index (κ3) is 25.8. The lowest BCUT2D eigenvalue weighted by Crippen LogP contribution is -1.85. The molecule has 0 atom stereocenters. The fraction of sp³-hybridized carbons (Fsp3) is 1.00. The molecule has 0 aliphatic heterocycles. The SMILES string of the molecule is CCCC(F)F.CCCCC. The maximum atomic E-state index is 11.0. The summed E-state index contributed by atoms with van der Waals surface area (Å²) in [6.07, 6.45) is 2.60. The van der Waals surface area contributed by atoms with E-state index in [9.17, 15) is 8.78 Å². The molecule has 0 amide bonds. The van der Waals surface area contributed by atoms with Crippen molar-refractivity contribution in [3.05, 3.63) is 0 Å². The fourth-order valence-electron chi connectivity index (χ4n) is 0.572. The first-order valence-corrected chi connectivity index (χ1v) is 4.47. The van der Waals surface area contributed by atoms with Crippen molar-refractivity contribution in [2.24, 2.45) is 0 Å². The normalized spacial score (nSPS) is 9.27. The minimum absolute atomic E-state index is 0.0417. The van der Waals surface area contributed by atoms with E-state index in [1.54, 1.807) is 6.92 Å². The van der Waals surface area contributed by atoms with E-state index >= 15 is 0 Å². The molecule has 0 bridgehead atoms. The van der Waals surface area contributed by atoms with Crippen molar-refractivity contribution in [1.29, 1.82) is 0 Å². The molecule has 11 heavy (non-hydrogen) atoms. The first-order chi connectivity index (χ1) is 5.18. The van der Waals surface area contributed by atoms with Gasteiger partial charge >= 0.3 is 0 Å². The molecule has 0 unspecified atom stereocenters. The Morgan fingerprint density at radius 1 is 0.909 bits per heavy atom. The Morgan fingerprint density at radius 2 is 1.36 bits per heavy atom. The molecule has 0 heterocycles. The van der Waals surface area contributed by atoms with Crippen LogP contribution in [0.2, 0.25) is 0 Å². The second kappa shape index (κ2) is 12.5. The van der Waals surface area contributed by atoms with Gasteiger partial charge in [0.1, 0.15) is 0 Å². The van der Waals surface area contributed by atoms with E-state index in [2.05, 4.69) is 13.8 Å². The van der Waals surface area contributed by atoms with E-state index in [1.165, 1.54) is 19.3 Å². The van der Waals surface area contributed by atoms with Crippen molar-refractivity contribution in [3.63, 3.8) is 0 Å². The molecule has 0 aromatic rings. The second-order valence-electron chi connectivity index (χ2n) is 2.53. The number of unbranched alkanes of at least 4 members (excludes halogenated alkanes) is 2. The molecule has 2 heteroatoms. The number of hydrogen-bond acceptors (Lipinski definition) is 0. The van der Waals surface area contributed by atoms with Gasteiger partial charge in [0.15, 0.2) is 0 Å². The lowest BCUT2D eigenvalue weighted by Gasteiger charge is -1.87. The van der Waals surface area contributed by atoms with Crippen LogP contribution in [0.1, 0.15) is 52.9 Å². The highest BCUT2D eigenvalue weighted by Gasteiger charge is 1.95. The molecule has 0 N–H and O–H groups in total. The number of hydrogen-bond donors (Lipinski definition) is 0. The summed E-state index contributed by atoms with van der Waals surface area (Å²) in [6.45, 7) is 6.17. The highest BCUT2D eigenvalue weighted by Crippen LogP contribution is 1.99. The Morgan fingerprint density at radius 3 is 1.36 bits per heavy atom. The van der Waals surface area contributed by atoms with E-state index in [0.29, 0.717) is 6.42 Å². The van der Waals surface area contributed by atoms with Crippen LogP contribution in [-0.4, -0.2) is 6.43 Å². The molecule has 0 nitrogen and oxygen atoms in total. The molecule has 0 aliphatic carbocycles. The Bertz CT molecular complexity index is 51.5. The summed E-state index contributed by atoms with van der Waals surface area (Å²) in [4.78, 5) is 0. The van der Waals surface area contributed by atoms with Gasteiger partial charge < -0.3 is 0 Å². The van der Waals surface area contributed by atoms with Crippen molar-refractivity contribution in [2.45, 2.75) is 59.3 Å². The highest BCUT2D eigenvalue weighted by molar-refractivity contribution is 4.32. The maximum absolute atomic E-state index is 11.0. The van der Waals surface area contributed by atoms with Gasteiger partial charge in [-0.15, -0.1) is 0 Å². The third-order valence-corrected chi connectivity index (χ3v) is 1.21. The van der Waals surface area contributed by atoms with E-state index in [-0.39, 0.29) is 6.42 Å². The average Bonchev–Trinajstić information content (AvgIpc) is 1.90. The van der Waals surface area contributed by atoms with Gasteiger partial charge in [-0.1, -0.05) is 46.5 Å². The van der Waals surface area contributed by atoms with Gasteiger partial charge in [0.05, 0.1) is 0 Å². The maximum Gasteiger partial charge on any atom is 0.238 e. The van der Waals surface area contributed by atoms with Gasteiger partial charge in [0, 0.05) is 6.42 Å². The molecule has 0 saturated carbocycles. The van der Waals surface area contributed by atoms with Gasteiger partial charge in [0.2, 0.25) is 6.43 Å². The van der Waals surface area contributed by atoms with E-state index in [1.807, 2.05) is 0 Å². The van der Waals surface area contributed by atoms with Crippen LogP contribution >= 0.6 is 0 Å². The first kappa shape index (κ1) is 13.4. The predicted octanol–water partition coefficient (Wildman–Crippen LogP) is 4.25. The Hall–Kier alpha value is -0.140. The molecule has 0 aromatic carbocycles. The van der Waals surface area contributed by atoms with Gasteiger partial charge in [-0.3, -0.25) is 0 Å². The summed E-state index contributed by atoms with van der Waals surface area (Å²) in [5.41, 5.74) is 0. The summed E-state index contributed by atoms with van der Waals surface area (Å²) >= 11 is 0. The fourth-order valence-corrected chi connectivity index (χ4v) is 0.572. The van der Waals surface area contributed by atoms with Crippen LogP contribution in [0.3, 0.4) is 0 Å². The zero-order chi connectivity index (χ0) is 9.11. The molecule has 0 spiro atoms. The molecule has 70 valence electrons. The van der Waals surface area contributed by atoms with E-state index in [0.717, 1.165) is 0 Å². The van der Waals surface area contributed by atoms with Gasteiger partial charge in [0.25, 0.3) is 0 Å². The topological polar surface area (TPSA) is 0 Å². The predicted molar refractivity (Wildman–Crippen MR) is 46.1 cm³/mol. The third-order valence-electron chi connectivity index (χ3n) is 1.21.